The van der Waals surface area contributed by atoms with E-state index in [4.69, 9.17) is 14.2 Å². The van der Waals surface area contributed by atoms with Crippen LogP contribution in [0.1, 0.15) is 12.5 Å². The monoisotopic (exact) mass is 340 g/mol. The first-order chi connectivity index (χ1) is 11.3. The zero-order valence-electron chi connectivity index (χ0n) is 13.2. The number of aliphatic hydroxyl groups is 3. The van der Waals surface area contributed by atoms with E-state index in [9.17, 15) is 25.2 Å². The highest BCUT2D eigenvalue weighted by Crippen LogP contribution is 2.27. The lowest BCUT2D eigenvalue weighted by atomic mass is 10.00. The van der Waals surface area contributed by atoms with Crippen LogP contribution in [0.3, 0.4) is 0 Å². The lowest BCUT2D eigenvalue weighted by Gasteiger charge is -2.38. The minimum Gasteiger partial charge on any atom is -0.504 e. The number of methoxy groups -OCH3 is 1. The Balaban J connectivity index is 2.04. The molecule has 0 aliphatic carbocycles. The van der Waals surface area contributed by atoms with E-state index >= 15 is 0 Å². The van der Waals surface area contributed by atoms with Gasteiger partial charge in [0.25, 0.3) is 0 Å². The summed E-state index contributed by atoms with van der Waals surface area (Å²) < 4.78 is 14.9. The summed E-state index contributed by atoms with van der Waals surface area (Å²) in [5, 5.41) is 38.7. The maximum atomic E-state index is 11.9. The van der Waals surface area contributed by atoms with E-state index in [0.29, 0.717) is 5.56 Å². The van der Waals surface area contributed by atoms with Gasteiger partial charge in [0.2, 0.25) is 0 Å². The van der Waals surface area contributed by atoms with Crippen LogP contribution in [0.5, 0.6) is 11.5 Å². The van der Waals surface area contributed by atoms with Crippen molar-refractivity contribution in [3.8, 4) is 11.5 Å². The minimum absolute atomic E-state index is 0.0337. The number of benzene rings is 1. The van der Waals surface area contributed by atoms with Crippen molar-refractivity contribution in [2.24, 2.45) is 0 Å². The molecule has 8 nitrogen and oxygen atoms in total. The van der Waals surface area contributed by atoms with E-state index < -0.39 is 36.7 Å². The van der Waals surface area contributed by atoms with Gasteiger partial charge in [-0.2, -0.15) is 0 Å². The topological polar surface area (TPSA) is 126 Å². The molecule has 1 fully saturated rings. The Morgan fingerprint density at radius 2 is 1.96 bits per heavy atom. The second-order valence-electron chi connectivity index (χ2n) is 5.38. The third-order valence-electron chi connectivity index (χ3n) is 3.67. The molecule has 4 N–H and O–H groups in total. The number of carbonyl (C=O) groups excluding carboxylic acids is 1. The second-order valence-corrected chi connectivity index (χ2v) is 5.38. The van der Waals surface area contributed by atoms with Crippen molar-refractivity contribution in [1.29, 1.82) is 0 Å². The number of aliphatic hydroxyl groups excluding tert-OH is 3. The maximum absolute atomic E-state index is 11.9. The molecule has 8 heteroatoms. The number of ether oxygens (including phenoxy) is 3. The lowest BCUT2D eigenvalue weighted by Crippen LogP contribution is -2.58. The predicted molar refractivity (Wildman–Crippen MR) is 82.1 cm³/mol. The first-order valence-corrected chi connectivity index (χ1v) is 7.29. The smallest absolute Gasteiger partial charge is 0.331 e. The predicted octanol–water partition coefficient (Wildman–Crippen LogP) is -0.215. The Bertz CT molecular complexity index is 600. The molecule has 1 aromatic rings. The Morgan fingerprint density at radius 1 is 1.25 bits per heavy atom. The van der Waals surface area contributed by atoms with Crippen LogP contribution in [0.2, 0.25) is 0 Å². The van der Waals surface area contributed by atoms with Crippen LogP contribution < -0.4 is 4.74 Å². The Kier molecular flexibility index (Phi) is 5.79. The average molecular weight is 340 g/mol. The molecule has 132 valence electrons. The van der Waals surface area contributed by atoms with Gasteiger partial charge in [-0.05, 0) is 30.7 Å². The van der Waals surface area contributed by atoms with E-state index in [1.165, 1.54) is 32.2 Å². The molecule has 0 saturated carbocycles. The summed E-state index contributed by atoms with van der Waals surface area (Å²) in [6.45, 7) is 1.49. The standard InChI is InChI=1S/C16H20O8/c1-8-13(19)15(14(20)16(21)23-8)24-12(18)6-4-9-3-5-10(17)11(7-9)22-2/h3-8,13-17,19-21H,1-2H3. The molecule has 1 aliphatic heterocycles. The van der Waals surface area contributed by atoms with Crippen LogP contribution in [0.4, 0.5) is 0 Å². The molecule has 1 aliphatic rings. The van der Waals surface area contributed by atoms with Gasteiger partial charge in [-0.3, -0.25) is 0 Å². The summed E-state index contributed by atoms with van der Waals surface area (Å²) in [5.41, 5.74) is 0.572. The van der Waals surface area contributed by atoms with Gasteiger partial charge in [0.15, 0.2) is 23.9 Å². The molecule has 1 aromatic carbocycles. The highest BCUT2D eigenvalue weighted by Gasteiger charge is 2.44. The summed E-state index contributed by atoms with van der Waals surface area (Å²) in [5.74, 6) is -0.599. The fourth-order valence-electron chi connectivity index (χ4n) is 2.29. The lowest BCUT2D eigenvalue weighted by molar-refractivity contribution is -0.280. The number of carbonyl (C=O) groups is 1. The Labute approximate surface area is 138 Å². The van der Waals surface area contributed by atoms with Crippen LogP contribution in [0.25, 0.3) is 6.08 Å². The van der Waals surface area contributed by atoms with Crippen molar-refractivity contribution in [1.82, 2.24) is 0 Å². The summed E-state index contributed by atoms with van der Waals surface area (Å²) >= 11 is 0. The summed E-state index contributed by atoms with van der Waals surface area (Å²) in [6, 6.07) is 4.49. The normalized spacial score (nSPS) is 30.3. The number of aromatic hydroxyl groups is 1. The molecule has 1 saturated heterocycles. The van der Waals surface area contributed by atoms with E-state index in [2.05, 4.69) is 0 Å². The van der Waals surface area contributed by atoms with Gasteiger partial charge in [0.05, 0.1) is 13.2 Å². The highest BCUT2D eigenvalue weighted by molar-refractivity contribution is 5.87. The van der Waals surface area contributed by atoms with Crippen molar-refractivity contribution in [3.05, 3.63) is 29.8 Å². The molecule has 24 heavy (non-hydrogen) atoms. The highest BCUT2D eigenvalue weighted by atomic mass is 16.6. The molecule has 2 rings (SSSR count). The third-order valence-corrected chi connectivity index (χ3v) is 3.67. The molecule has 0 spiro atoms. The van der Waals surface area contributed by atoms with Crippen molar-refractivity contribution >= 4 is 12.0 Å². The number of phenols is 1. The number of rotatable bonds is 4. The zero-order valence-corrected chi connectivity index (χ0v) is 13.2. The molecule has 0 bridgehead atoms. The molecule has 0 aromatic heterocycles. The summed E-state index contributed by atoms with van der Waals surface area (Å²) in [7, 11) is 1.40. The van der Waals surface area contributed by atoms with Crippen molar-refractivity contribution < 1.29 is 39.4 Å². The Hall–Kier alpha value is -2.13. The Morgan fingerprint density at radius 3 is 2.62 bits per heavy atom. The zero-order chi connectivity index (χ0) is 17.9. The molecular formula is C16H20O8. The molecule has 5 atom stereocenters. The number of phenolic OH excluding ortho intramolecular Hbond substituents is 1. The molecule has 0 amide bonds. The maximum Gasteiger partial charge on any atom is 0.331 e. The van der Waals surface area contributed by atoms with Gasteiger partial charge in [-0.15, -0.1) is 0 Å². The SMILES string of the molecule is COc1cc(C=CC(=O)OC2C(O)C(C)OC(O)C2O)ccc1O. The van der Waals surface area contributed by atoms with Crippen LogP contribution in [-0.4, -0.2) is 64.2 Å². The number of hydrogen-bond acceptors (Lipinski definition) is 8. The van der Waals surface area contributed by atoms with Crippen molar-refractivity contribution in [2.45, 2.75) is 37.6 Å². The van der Waals surface area contributed by atoms with Gasteiger partial charge in [0, 0.05) is 6.08 Å². The molecule has 1 heterocycles. The quantitative estimate of drug-likeness (QED) is 0.438. The van der Waals surface area contributed by atoms with Gasteiger partial charge in [-0.25, -0.2) is 4.79 Å². The number of esters is 1. The van der Waals surface area contributed by atoms with E-state index in [0.717, 1.165) is 6.08 Å². The fraction of sp³-hybridized carbons (Fsp3) is 0.438. The van der Waals surface area contributed by atoms with Crippen LogP contribution in [0.15, 0.2) is 24.3 Å². The summed E-state index contributed by atoms with van der Waals surface area (Å²) in [6.07, 6.45) is -3.97. The molecule has 0 radical (unpaired) electrons. The molecular weight excluding hydrogens is 320 g/mol. The first kappa shape index (κ1) is 18.2. The van der Waals surface area contributed by atoms with E-state index in [1.54, 1.807) is 6.07 Å². The third kappa shape index (κ3) is 4.04. The van der Waals surface area contributed by atoms with Crippen LogP contribution >= 0.6 is 0 Å². The summed E-state index contributed by atoms with van der Waals surface area (Å²) in [4.78, 5) is 11.9. The van der Waals surface area contributed by atoms with Crippen LogP contribution in [0, 0.1) is 0 Å². The van der Waals surface area contributed by atoms with E-state index in [1.807, 2.05) is 0 Å². The van der Waals surface area contributed by atoms with Gasteiger partial charge < -0.3 is 34.6 Å². The van der Waals surface area contributed by atoms with E-state index in [-0.39, 0.29) is 11.5 Å². The minimum atomic E-state index is -1.55. The number of hydrogen-bond donors (Lipinski definition) is 4. The second kappa shape index (κ2) is 7.63. The fourth-order valence-corrected chi connectivity index (χ4v) is 2.29. The van der Waals surface area contributed by atoms with Gasteiger partial charge in [0.1, 0.15) is 12.2 Å². The first-order valence-electron chi connectivity index (χ1n) is 7.29. The van der Waals surface area contributed by atoms with Gasteiger partial charge >= 0.3 is 5.97 Å². The average Bonchev–Trinajstić information content (AvgIpc) is 2.56. The van der Waals surface area contributed by atoms with Crippen molar-refractivity contribution in [3.63, 3.8) is 0 Å². The van der Waals surface area contributed by atoms with Gasteiger partial charge in [-0.1, -0.05) is 6.07 Å². The van der Waals surface area contributed by atoms with Crippen LogP contribution in [-0.2, 0) is 14.3 Å². The molecule has 5 unspecified atom stereocenters. The largest absolute Gasteiger partial charge is 0.504 e. The van der Waals surface area contributed by atoms with Crippen molar-refractivity contribution in [2.75, 3.05) is 7.11 Å².